The fourth-order valence-electron chi connectivity index (χ4n) is 2.97. The Morgan fingerprint density at radius 3 is 2.74 bits per heavy atom. The number of carboxylic acid groups (broad SMARTS) is 1. The van der Waals surface area contributed by atoms with E-state index in [1.165, 1.54) is 22.5 Å². The summed E-state index contributed by atoms with van der Waals surface area (Å²) in [5.74, 6) is -1.50. The minimum Gasteiger partial charge on any atom is -0.477 e. The van der Waals surface area contributed by atoms with Crippen molar-refractivity contribution in [3.63, 3.8) is 0 Å². The van der Waals surface area contributed by atoms with E-state index in [4.69, 9.17) is 28.3 Å². The van der Waals surface area contributed by atoms with Gasteiger partial charge >= 0.3 is 5.97 Å². The van der Waals surface area contributed by atoms with Crippen molar-refractivity contribution in [2.45, 2.75) is 23.7 Å². The zero-order chi connectivity index (χ0) is 19.8. The first-order chi connectivity index (χ1) is 12.7. The molecule has 0 bridgehead atoms. The van der Waals surface area contributed by atoms with Crippen LogP contribution in [-0.2, 0) is 10.0 Å². The number of piperidine rings is 1. The van der Waals surface area contributed by atoms with Crippen LogP contribution >= 0.6 is 23.2 Å². The van der Waals surface area contributed by atoms with Crippen molar-refractivity contribution in [2.75, 3.05) is 13.1 Å². The number of halogens is 2. The molecule has 1 aromatic carbocycles. The Hall–Kier alpha value is -1.94. The normalized spacial score (nSPS) is 18.4. The predicted octanol–water partition coefficient (Wildman–Crippen LogP) is 2.34. The van der Waals surface area contributed by atoms with Gasteiger partial charge in [-0.2, -0.15) is 4.31 Å². The molecule has 0 aliphatic carbocycles. The van der Waals surface area contributed by atoms with E-state index in [0.717, 1.165) is 6.20 Å². The summed E-state index contributed by atoms with van der Waals surface area (Å²) in [6, 6.07) is 4.22. The number of sulfonamides is 1. The molecule has 0 amide bonds. The minimum atomic E-state index is -3.88. The Morgan fingerprint density at radius 2 is 2.07 bits per heavy atom. The van der Waals surface area contributed by atoms with Crippen LogP contribution in [0.3, 0.4) is 0 Å². The number of carboxylic acids is 1. The third kappa shape index (κ3) is 4.01. The number of aromatic nitrogens is 2. The van der Waals surface area contributed by atoms with Crippen molar-refractivity contribution in [3.05, 3.63) is 56.2 Å². The molecule has 1 fully saturated rings. The van der Waals surface area contributed by atoms with E-state index in [0.29, 0.717) is 19.4 Å². The standard InChI is InChI=1S/C16H15Cl2N3O5S/c17-10-3-4-12(18)13(6-10)27(25,26)21-5-1-2-9(8-21)14-19-7-11(16(23)24)15(22)20-14/h3-4,6-7,9H,1-2,5,8H2,(H,23,24)(H,19,20,22)/t9-/m0/s1. The van der Waals surface area contributed by atoms with Gasteiger partial charge in [0.2, 0.25) is 10.0 Å². The summed E-state index contributed by atoms with van der Waals surface area (Å²) in [5, 5.41) is 9.24. The van der Waals surface area contributed by atoms with Gasteiger partial charge in [-0.3, -0.25) is 4.79 Å². The molecule has 2 heterocycles. The van der Waals surface area contributed by atoms with Crippen molar-refractivity contribution in [1.29, 1.82) is 0 Å². The first-order valence-corrected chi connectivity index (χ1v) is 10.2. The molecule has 0 radical (unpaired) electrons. The largest absolute Gasteiger partial charge is 0.477 e. The Kier molecular flexibility index (Phi) is 5.57. The lowest BCUT2D eigenvalue weighted by Gasteiger charge is -2.31. The number of hydrogen-bond donors (Lipinski definition) is 2. The third-order valence-corrected chi connectivity index (χ3v) is 6.91. The predicted molar refractivity (Wildman–Crippen MR) is 99.0 cm³/mol. The molecule has 3 rings (SSSR count). The molecule has 8 nitrogen and oxygen atoms in total. The zero-order valence-electron chi connectivity index (χ0n) is 13.9. The van der Waals surface area contributed by atoms with Gasteiger partial charge in [-0.1, -0.05) is 23.2 Å². The van der Waals surface area contributed by atoms with Crippen LogP contribution in [0.4, 0.5) is 0 Å². The highest BCUT2D eigenvalue weighted by Crippen LogP contribution is 2.32. The Bertz CT molecular complexity index is 1050. The molecule has 2 aromatic rings. The van der Waals surface area contributed by atoms with E-state index < -0.39 is 27.1 Å². The van der Waals surface area contributed by atoms with Crippen molar-refractivity contribution in [3.8, 4) is 0 Å². The van der Waals surface area contributed by atoms with Crippen molar-refractivity contribution in [1.82, 2.24) is 14.3 Å². The number of aromatic amines is 1. The summed E-state index contributed by atoms with van der Waals surface area (Å²) >= 11 is 11.9. The Balaban J connectivity index is 1.90. The van der Waals surface area contributed by atoms with E-state index in [9.17, 15) is 18.0 Å². The lowest BCUT2D eigenvalue weighted by atomic mass is 9.99. The van der Waals surface area contributed by atoms with Gasteiger partial charge in [0.1, 0.15) is 16.3 Å². The van der Waals surface area contributed by atoms with E-state index in [1.807, 2.05) is 0 Å². The van der Waals surface area contributed by atoms with Gasteiger partial charge in [-0.15, -0.1) is 0 Å². The number of nitrogens with zero attached hydrogens (tertiary/aromatic N) is 2. The molecule has 1 saturated heterocycles. The highest BCUT2D eigenvalue weighted by Gasteiger charge is 2.33. The summed E-state index contributed by atoms with van der Waals surface area (Å²) in [6.07, 6.45) is 2.13. The summed E-state index contributed by atoms with van der Waals surface area (Å²) in [5.41, 5.74) is -1.24. The van der Waals surface area contributed by atoms with Crippen LogP contribution in [0.25, 0.3) is 0 Å². The maximum atomic E-state index is 13.0. The van der Waals surface area contributed by atoms with Crippen LogP contribution < -0.4 is 5.56 Å². The highest BCUT2D eigenvalue weighted by molar-refractivity contribution is 7.89. The second-order valence-electron chi connectivity index (χ2n) is 6.09. The van der Waals surface area contributed by atoms with Gasteiger partial charge in [-0.25, -0.2) is 18.2 Å². The summed E-state index contributed by atoms with van der Waals surface area (Å²) in [7, 11) is -3.88. The van der Waals surface area contributed by atoms with Crippen LogP contribution in [0.15, 0.2) is 34.1 Å². The SMILES string of the molecule is O=C(O)c1cnc([C@H]2CCCN(S(=O)(=O)c3cc(Cl)ccc3Cl)C2)[nH]c1=O. The summed E-state index contributed by atoms with van der Waals surface area (Å²) < 4.78 is 27.2. The number of H-pyrrole nitrogens is 1. The maximum Gasteiger partial charge on any atom is 0.342 e. The molecular weight excluding hydrogens is 417 g/mol. The molecule has 11 heteroatoms. The number of nitrogens with one attached hydrogen (secondary N) is 1. The highest BCUT2D eigenvalue weighted by atomic mass is 35.5. The van der Waals surface area contributed by atoms with Gasteiger partial charge in [-0.05, 0) is 31.0 Å². The van der Waals surface area contributed by atoms with E-state index >= 15 is 0 Å². The average Bonchev–Trinajstić information content (AvgIpc) is 2.63. The van der Waals surface area contributed by atoms with Gasteiger partial charge in [0, 0.05) is 30.2 Å². The first-order valence-electron chi connectivity index (χ1n) is 7.98. The van der Waals surface area contributed by atoms with Gasteiger partial charge < -0.3 is 10.1 Å². The van der Waals surface area contributed by atoms with Crippen LogP contribution in [0, 0.1) is 0 Å². The third-order valence-electron chi connectivity index (χ3n) is 4.33. The minimum absolute atomic E-state index is 0.0684. The van der Waals surface area contributed by atoms with Crippen molar-refractivity contribution in [2.24, 2.45) is 0 Å². The molecule has 0 spiro atoms. The van der Waals surface area contributed by atoms with Crippen LogP contribution in [0.1, 0.15) is 34.9 Å². The molecule has 144 valence electrons. The smallest absolute Gasteiger partial charge is 0.342 e. The molecular formula is C16H15Cl2N3O5S. The molecule has 0 saturated carbocycles. The average molecular weight is 432 g/mol. The monoisotopic (exact) mass is 431 g/mol. The lowest BCUT2D eigenvalue weighted by Crippen LogP contribution is -2.40. The maximum absolute atomic E-state index is 13.0. The van der Waals surface area contributed by atoms with Crippen LogP contribution in [-0.4, -0.2) is 46.9 Å². The summed E-state index contributed by atoms with van der Waals surface area (Å²) in [4.78, 5) is 29.2. The molecule has 27 heavy (non-hydrogen) atoms. The number of rotatable bonds is 4. The molecule has 0 unspecified atom stereocenters. The number of carbonyl (C=O) groups is 1. The van der Waals surface area contributed by atoms with E-state index in [-0.39, 0.29) is 33.2 Å². The van der Waals surface area contributed by atoms with Crippen LogP contribution in [0.5, 0.6) is 0 Å². The van der Waals surface area contributed by atoms with E-state index in [2.05, 4.69) is 9.97 Å². The van der Waals surface area contributed by atoms with Crippen molar-refractivity contribution >= 4 is 39.2 Å². The zero-order valence-corrected chi connectivity index (χ0v) is 16.2. The number of hydrogen-bond acceptors (Lipinski definition) is 5. The quantitative estimate of drug-likeness (QED) is 0.765. The van der Waals surface area contributed by atoms with Crippen molar-refractivity contribution < 1.29 is 18.3 Å². The fourth-order valence-corrected chi connectivity index (χ4v) is 5.23. The molecule has 1 aromatic heterocycles. The molecule has 1 aliphatic rings. The molecule has 2 N–H and O–H groups in total. The second kappa shape index (κ2) is 7.59. The lowest BCUT2D eigenvalue weighted by molar-refractivity contribution is 0.0694. The number of benzene rings is 1. The van der Waals surface area contributed by atoms with Gasteiger partial charge in [0.15, 0.2) is 0 Å². The first kappa shape index (κ1) is 19.8. The Morgan fingerprint density at radius 1 is 1.33 bits per heavy atom. The molecule has 1 atom stereocenters. The van der Waals surface area contributed by atoms with Gasteiger partial charge in [0.05, 0.1) is 5.02 Å². The topological polar surface area (TPSA) is 120 Å². The fraction of sp³-hybridized carbons (Fsp3) is 0.312. The van der Waals surface area contributed by atoms with E-state index in [1.54, 1.807) is 0 Å². The molecule has 1 aliphatic heterocycles. The second-order valence-corrected chi connectivity index (χ2v) is 8.84. The number of aromatic carboxylic acids is 1. The van der Waals surface area contributed by atoms with Gasteiger partial charge in [0.25, 0.3) is 5.56 Å². The van der Waals surface area contributed by atoms with Crippen LogP contribution in [0.2, 0.25) is 10.0 Å². The summed E-state index contributed by atoms with van der Waals surface area (Å²) in [6.45, 7) is 0.375. The Labute approximate surface area is 164 Å².